The minimum atomic E-state index is -4.70. The van der Waals surface area contributed by atoms with E-state index >= 15 is 0 Å². The minimum Gasteiger partial charge on any atom is -0.481 e. The lowest BCUT2D eigenvalue weighted by Gasteiger charge is -2.30. The maximum Gasteiger partial charge on any atom is 0.451 e. The second kappa shape index (κ2) is 33.0. The number of rotatable bonds is 14. The standard InChI is InChI=1S/C21H23F6N5O3.C16H15F6N5O.C15H18F3NO4.C6H10N4.ClH/c1-20(2,3)35-19(34)28-12(6-11-7-14(23)15(24)9-13(11)22)8-17(33)31-4-5-32-16(10-31)29-30-18(32)21(25,26)27;17-10-6-12(19)11(18)4-8(10)3-9(23)5-14(28)26-1-2-27-13(7-26)24-25-15(27)16(20,21)22;1-15(2,3)23-14(22)19-9(6-13(20)21)4-8-5-11(17)12(18)7-10(8)16;1-5-8-9-6-4-7-2-3-10(5)6;/h7,9,12H,4-6,8,10H2,1-3H3,(H,28,34);4,6,9H,1-3,5,7,23H2;5,7,9H,4,6H2,1-3H3,(H,19,22)(H,20,21);7H,2-4H2,1H3;1H/t12-;2*9-;;/m111../s1. The summed E-state index contributed by atoms with van der Waals surface area (Å²) in [5.41, 5.74) is 3.42. The summed E-state index contributed by atoms with van der Waals surface area (Å²) in [5.74, 6) is -13.5. The van der Waals surface area contributed by atoms with Crippen molar-refractivity contribution in [3.8, 4) is 0 Å². The van der Waals surface area contributed by atoms with Gasteiger partial charge in [-0.2, -0.15) is 26.3 Å². The Morgan fingerprint density at radius 3 is 1.27 bits per heavy atom. The molecular formula is C58H67ClF15N15O8. The zero-order valence-corrected chi connectivity index (χ0v) is 53.5. The number of hydrogen-bond acceptors (Lipinski definition) is 15. The molecule has 0 saturated heterocycles. The number of aliphatic carboxylic acids is 1. The molecule has 3 atom stereocenters. The van der Waals surface area contributed by atoms with Crippen LogP contribution in [0.15, 0.2) is 36.4 Å². The summed E-state index contributed by atoms with van der Waals surface area (Å²) >= 11 is 0. The molecule has 0 spiro atoms. The van der Waals surface area contributed by atoms with Crippen LogP contribution in [0.2, 0.25) is 0 Å². The highest BCUT2D eigenvalue weighted by Crippen LogP contribution is 2.32. The van der Waals surface area contributed by atoms with Gasteiger partial charge in [-0.3, -0.25) is 14.4 Å². The van der Waals surface area contributed by atoms with Crippen LogP contribution in [-0.2, 0) is 94.7 Å². The maximum atomic E-state index is 14.2. The summed E-state index contributed by atoms with van der Waals surface area (Å²) in [6.07, 6.45) is -13.3. The molecule has 0 fully saturated rings. The van der Waals surface area contributed by atoms with Gasteiger partial charge in [0.2, 0.25) is 23.5 Å². The first-order chi connectivity index (χ1) is 44.5. The molecule has 0 radical (unpaired) electrons. The number of fused-ring (bicyclic) bond motifs is 3. The van der Waals surface area contributed by atoms with Gasteiger partial charge in [0.15, 0.2) is 46.6 Å². The van der Waals surface area contributed by atoms with Crippen LogP contribution in [0.4, 0.5) is 75.4 Å². The number of aryl methyl sites for hydroxylation is 1. The Balaban J connectivity index is 0.000000247. The van der Waals surface area contributed by atoms with E-state index in [1.54, 1.807) is 41.5 Å². The molecule has 23 nitrogen and oxygen atoms in total. The Morgan fingerprint density at radius 2 is 0.887 bits per heavy atom. The number of halogens is 16. The normalized spacial score (nSPS) is 14.6. The molecule has 6 aromatic rings. The van der Waals surface area contributed by atoms with Crippen LogP contribution < -0.4 is 21.7 Å². The van der Waals surface area contributed by atoms with Crippen LogP contribution in [0.3, 0.4) is 0 Å². The van der Waals surface area contributed by atoms with E-state index < -0.39 is 148 Å². The SMILES string of the molecule is CC(C)(C)OC(=O)N[C@@H](CC(=O)N1CCn2c(nnc2C(F)(F)F)C1)Cc1cc(F)c(F)cc1F.CC(C)(C)OC(=O)N[C@@H](CC(=O)O)Cc1cc(F)c(F)cc1F.Cc1nnc2n1CCNC2.Cl.N[C@@H](CC(=O)N1CCn2c(nnc2C(F)(F)F)C1)Cc1cc(F)c(F)cc1F. The van der Waals surface area contributed by atoms with Crippen molar-refractivity contribution in [2.45, 2.75) is 168 Å². The molecule has 0 unspecified atom stereocenters. The van der Waals surface area contributed by atoms with Crippen molar-refractivity contribution in [2.75, 3.05) is 19.6 Å². The molecule has 534 valence electrons. The maximum absolute atomic E-state index is 14.2. The summed E-state index contributed by atoms with van der Waals surface area (Å²) in [7, 11) is 0. The molecule has 6 heterocycles. The van der Waals surface area contributed by atoms with Gasteiger partial charge in [0, 0.05) is 88.4 Å². The first-order valence-electron chi connectivity index (χ1n) is 29.1. The summed E-state index contributed by atoms with van der Waals surface area (Å²) in [6, 6.07) is 0.0348. The van der Waals surface area contributed by atoms with E-state index in [1.807, 2.05) is 6.92 Å². The summed E-state index contributed by atoms with van der Waals surface area (Å²) in [5, 5.41) is 38.0. The number of nitrogens with one attached hydrogen (secondary N) is 3. The zero-order chi connectivity index (χ0) is 71.5. The Bertz CT molecular complexity index is 3760. The average Bonchev–Trinajstić information content (AvgIpc) is 1.68. The van der Waals surface area contributed by atoms with Gasteiger partial charge >= 0.3 is 30.5 Å². The van der Waals surface area contributed by atoms with E-state index in [0.717, 1.165) is 40.4 Å². The number of carboxylic acids is 1. The summed E-state index contributed by atoms with van der Waals surface area (Å²) < 4.78 is 212. The molecular weight excluding hydrogens is 1360 g/mol. The highest BCUT2D eigenvalue weighted by atomic mass is 35.5. The third kappa shape index (κ3) is 23.2. The predicted molar refractivity (Wildman–Crippen MR) is 310 cm³/mol. The summed E-state index contributed by atoms with van der Waals surface area (Å²) in [4.78, 5) is 62.6. The van der Waals surface area contributed by atoms with Crippen molar-refractivity contribution in [1.29, 1.82) is 0 Å². The summed E-state index contributed by atoms with van der Waals surface area (Å²) in [6.45, 7) is 13.7. The number of alkyl halides is 6. The smallest absolute Gasteiger partial charge is 0.451 e. The van der Waals surface area contributed by atoms with E-state index in [1.165, 1.54) is 9.80 Å². The molecule has 39 heteroatoms. The number of hydrogen-bond donors (Lipinski definition) is 5. The number of alkyl carbamates (subject to hydrolysis) is 2. The molecule has 0 aliphatic carbocycles. The molecule has 97 heavy (non-hydrogen) atoms. The van der Waals surface area contributed by atoms with Crippen molar-refractivity contribution in [2.24, 2.45) is 5.73 Å². The molecule has 4 amide bonds. The second-order valence-electron chi connectivity index (χ2n) is 23.9. The number of ether oxygens (including phenoxy) is 2. The lowest BCUT2D eigenvalue weighted by atomic mass is 10.0. The second-order valence-corrected chi connectivity index (χ2v) is 23.9. The molecule has 0 bridgehead atoms. The topological polar surface area (TPSA) is 285 Å². The van der Waals surface area contributed by atoms with Crippen LogP contribution >= 0.6 is 12.4 Å². The fourth-order valence-electron chi connectivity index (χ4n) is 9.65. The van der Waals surface area contributed by atoms with Gasteiger partial charge in [-0.15, -0.1) is 43.0 Å². The van der Waals surface area contributed by atoms with Gasteiger partial charge in [0.25, 0.3) is 0 Å². The number of amides is 4. The van der Waals surface area contributed by atoms with Crippen molar-refractivity contribution in [1.82, 2.24) is 70.0 Å². The Morgan fingerprint density at radius 1 is 0.515 bits per heavy atom. The number of aromatic nitrogens is 9. The lowest BCUT2D eigenvalue weighted by molar-refractivity contribution is -0.149. The minimum absolute atomic E-state index is 0. The van der Waals surface area contributed by atoms with Crippen LogP contribution in [0, 0.1) is 59.3 Å². The number of carbonyl (C=O) groups is 5. The zero-order valence-electron chi connectivity index (χ0n) is 52.7. The fraction of sp³-hybridized carbons (Fsp3) is 0.500. The van der Waals surface area contributed by atoms with Gasteiger partial charge in [-0.25, -0.2) is 49.1 Å². The molecule has 3 aliphatic heterocycles. The van der Waals surface area contributed by atoms with Crippen LogP contribution in [0.1, 0.15) is 112 Å². The third-order valence-corrected chi connectivity index (χ3v) is 13.9. The van der Waals surface area contributed by atoms with E-state index in [4.69, 9.17) is 20.3 Å². The first-order valence-corrected chi connectivity index (χ1v) is 29.1. The van der Waals surface area contributed by atoms with E-state index in [9.17, 15) is 89.8 Å². The van der Waals surface area contributed by atoms with E-state index in [0.29, 0.717) is 36.4 Å². The monoisotopic (exact) mass is 1420 g/mol. The molecule has 3 aromatic carbocycles. The van der Waals surface area contributed by atoms with E-state index in [-0.39, 0.29) is 106 Å². The van der Waals surface area contributed by atoms with Crippen LogP contribution in [-0.4, -0.2) is 138 Å². The van der Waals surface area contributed by atoms with Crippen LogP contribution in [0.5, 0.6) is 0 Å². The molecule has 6 N–H and O–H groups in total. The van der Waals surface area contributed by atoms with E-state index in [2.05, 4.69) is 51.1 Å². The Labute approximate surface area is 549 Å². The Kier molecular flexibility index (Phi) is 26.8. The van der Waals surface area contributed by atoms with Gasteiger partial charge in [-0.1, -0.05) is 0 Å². The first kappa shape index (κ1) is 78.9. The highest BCUT2D eigenvalue weighted by Gasteiger charge is 2.42. The average molecular weight is 1420 g/mol. The van der Waals surface area contributed by atoms with Crippen molar-refractivity contribution in [3.63, 3.8) is 0 Å². The van der Waals surface area contributed by atoms with Gasteiger partial charge in [-0.05, 0) is 103 Å². The Hall–Kier alpha value is -8.81. The number of nitrogens with zero attached hydrogens (tertiary/aromatic N) is 11. The highest BCUT2D eigenvalue weighted by molar-refractivity contribution is 5.85. The van der Waals surface area contributed by atoms with Gasteiger partial charge in [0.05, 0.1) is 26.1 Å². The number of nitrogens with two attached hydrogens (primary N) is 1. The predicted octanol–water partition coefficient (Wildman–Crippen LogP) is 8.72. The fourth-order valence-corrected chi connectivity index (χ4v) is 9.65. The molecule has 3 aromatic heterocycles. The van der Waals surface area contributed by atoms with Crippen molar-refractivity contribution >= 4 is 42.4 Å². The quantitative estimate of drug-likeness (QED) is 0.0503. The largest absolute Gasteiger partial charge is 0.481 e. The van der Waals surface area contributed by atoms with Crippen LogP contribution in [0.25, 0.3) is 0 Å². The van der Waals surface area contributed by atoms with Gasteiger partial charge in [0.1, 0.15) is 40.3 Å². The molecule has 9 rings (SSSR count). The number of carboxylic acid groups (broad SMARTS) is 1. The van der Waals surface area contributed by atoms with Crippen molar-refractivity contribution in [3.05, 3.63) is 140 Å². The van der Waals surface area contributed by atoms with Crippen molar-refractivity contribution < 1.29 is 104 Å². The van der Waals surface area contributed by atoms with Gasteiger partial charge < -0.3 is 59.8 Å². The number of carbonyl (C=O) groups excluding carboxylic acids is 4. The molecule has 3 aliphatic rings. The molecule has 0 saturated carbocycles. The third-order valence-electron chi connectivity index (χ3n) is 13.9. The number of benzene rings is 3. The lowest BCUT2D eigenvalue weighted by Crippen LogP contribution is -2.45.